The SMILES string of the molecule is CC(Oc1ccccc1)C(=O)NCC(C(C)C)N1CCN(C)CC1. The molecular weight excluding hydrogens is 302 g/mol. The lowest BCUT2D eigenvalue weighted by Gasteiger charge is -2.40. The molecule has 0 radical (unpaired) electrons. The first-order valence-electron chi connectivity index (χ1n) is 8.89. The first-order valence-corrected chi connectivity index (χ1v) is 8.89. The second-order valence-corrected chi connectivity index (χ2v) is 6.97. The van der Waals surface area contributed by atoms with Crippen molar-refractivity contribution < 1.29 is 9.53 Å². The molecule has 0 aliphatic carbocycles. The van der Waals surface area contributed by atoms with E-state index in [-0.39, 0.29) is 5.91 Å². The Morgan fingerprint density at radius 3 is 2.33 bits per heavy atom. The summed E-state index contributed by atoms with van der Waals surface area (Å²) >= 11 is 0. The molecule has 1 fully saturated rings. The quantitative estimate of drug-likeness (QED) is 0.827. The maximum atomic E-state index is 12.3. The van der Waals surface area contributed by atoms with Gasteiger partial charge in [0.25, 0.3) is 5.91 Å². The van der Waals surface area contributed by atoms with Crippen molar-refractivity contribution in [2.45, 2.75) is 32.9 Å². The minimum absolute atomic E-state index is 0.0568. The van der Waals surface area contributed by atoms with Gasteiger partial charge in [-0.15, -0.1) is 0 Å². The summed E-state index contributed by atoms with van der Waals surface area (Å²) in [6, 6.07) is 9.84. The summed E-state index contributed by atoms with van der Waals surface area (Å²) in [5.74, 6) is 1.16. The van der Waals surface area contributed by atoms with Gasteiger partial charge in [0.1, 0.15) is 5.75 Å². The number of para-hydroxylation sites is 1. The first-order chi connectivity index (χ1) is 11.5. The molecule has 1 aromatic carbocycles. The van der Waals surface area contributed by atoms with Gasteiger partial charge in [-0.3, -0.25) is 9.69 Å². The Morgan fingerprint density at radius 2 is 1.75 bits per heavy atom. The van der Waals surface area contributed by atoms with E-state index in [1.165, 1.54) is 0 Å². The van der Waals surface area contributed by atoms with E-state index in [2.05, 4.69) is 36.0 Å². The van der Waals surface area contributed by atoms with Crippen LogP contribution in [0.15, 0.2) is 30.3 Å². The van der Waals surface area contributed by atoms with Crippen molar-refractivity contribution >= 4 is 5.91 Å². The van der Waals surface area contributed by atoms with Gasteiger partial charge in [0.2, 0.25) is 0 Å². The van der Waals surface area contributed by atoms with Gasteiger partial charge in [0.15, 0.2) is 6.10 Å². The number of benzene rings is 1. The Kier molecular flexibility index (Phi) is 7.06. The van der Waals surface area contributed by atoms with Crippen LogP contribution in [-0.4, -0.2) is 67.6 Å². The molecule has 5 heteroatoms. The van der Waals surface area contributed by atoms with E-state index >= 15 is 0 Å². The van der Waals surface area contributed by atoms with E-state index < -0.39 is 6.10 Å². The van der Waals surface area contributed by atoms with Crippen molar-refractivity contribution in [2.24, 2.45) is 5.92 Å². The second-order valence-electron chi connectivity index (χ2n) is 6.97. The third-order valence-electron chi connectivity index (χ3n) is 4.69. The van der Waals surface area contributed by atoms with Crippen molar-refractivity contribution in [1.29, 1.82) is 0 Å². The largest absolute Gasteiger partial charge is 0.481 e. The molecule has 1 aliphatic rings. The zero-order valence-electron chi connectivity index (χ0n) is 15.4. The summed E-state index contributed by atoms with van der Waals surface area (Å²) in [6.45, 7) is 11.2. The van der Waals surface area contributed by atoms with Crippen molar-refractivity contribution in [3.8, 4) is 5.75 Å². The fourth-order valence-electron chi connectivity index (χ4n) is 3.05. The summed E-state index contributed by atoms with van der Waals surface area (Å²) in [5.41, 5.74) is 0. The fourth-order valence-corrected chi connectivity index (χ4v) is 3.05. The summed E-state index contributed by atoms with van der Waals surface area (Å²) < 4.78 is 5.70. The van der Waals surface area contributed by atoms with Gasteiger partial charge < -0.3 is 15.0 Å². The fraction of sp³-hybridized carbons (Fsp3) is 0.632. The number of nitrogens with one attached hydrogen (secondary N) is 1. The molecule has 5 nitrogen and oxygen atoms in total. The number of piperazine rings is 1. The first kappa shape index (κ1) is 18.7. The van der Waals surface area contributed by atoms with Gasteiger partial charge in [-0.1, -0.05) is 32.0 Å². The number of carbonyl (C=O) groups is 1. The zero-order chi connectivity index (χ0) is 17.5. The predicted molar refractivity (Wildman–Crippen MR) is 97.2 cm³/mol. The highest BCUT2D eigenvalue weighted by atomic mass is 16.5. The summed E-state index contributed by atoms with van der Waals surface area (Å²) in [4.78, 5) is 17.2. The third-order valence-corrected chi connectivity index (χ3v) is 4.69. The number of ether oxygens (including phenoxy) is 1. The van der Waals surface area contributed by atoms with Gasteiger partial charge in [-0.2, -0.15) is 0 Å². The molecule has 0 aromatic heterocycles. The van der Waals surface area contributed by atoms with Gasteiger partial charge >= 0.3 is 0 Å². The van der Waals surface area contributed by atoms with Crippen molar-refractivity contribution in [1.82, 2.24) is 15.1 Å². The van der Waals surface area contributed by atoms with Gasteiger partial charge in [0.05, 0.1) is 0 Å². The van der Waals surface area contributed by atoms with Crippen LogP contribution in [0.2, 0.25) is 0 Å². The van der Waals surface area contributed by atoms with E-state index in [9.17, 15) is 4.79 Å². The van der Waals surface area contributed by atoms with Crippen LogP contribution in [0.1, 0.15) is 20.8 Å². The number of hydrogen-bond donors (Lipinski definition) is 1. The van der Waals surface area contributed by atoms with Gasteiger partial charge in [-0.25, -0.2) is 0 Å². The van der Waals surface area contributed by atoms with Crippen LogP contribution in [-0.2, 0) is 4.79 Å². The van der Waals surface area contributed by atoms with E-state index in [1.807, 2.05) is 30.3 Å². The summed E-state index contributed by atoms with van der Waals surface area (Å²) in [5, 5.41) is 3.07. The van der Waals surface area contributed by atoms with E-state index in [0.29, 0.717) is 18.5 Å². The molecule has 134 valence electrons. The van der Waals surface area contributed by atoms with Crippen LogP contribution in [0.5, 0.6) is 5.75 Å². The minimum Gasteiger partial charge on any atom is -0.481 e. The number of nitrogens with zero attached hydrogens (tertiary/aromatic N) is 2. The van der Waals surface area contributed by atoms with Crippen LogP contribution in [0.25, 0.3) is 0 Å². The lowest BCUT2D eigenvalue weighted by Crippen LogP contribution is -2.54. The highest BCUT2D eigenvalue weighted by Gasteiger charge is 2.26. The number of hydrogen-bond acceptors (Lipinski definition) is 4. The van der Waals surface area contributed by atoms with E-state index in [0.717, 1.165) is 31.9 Å². The second kappa shape index (κ2) is 9.04. The summed E-state index contributed by atoms with van der Waals surface area (Å²) in [7, 11) is 2.16. The number of carbonyl (C=O) groups excluding carboxylic acids is 1. The normalized spacial score (nSPS) is 19.0. The summed E-state index contributed by atoms with van der Waals surface area (Å²) in [6.07, 6.45) is -0.493. The van der Waals surface area contributed by atoms with Gasteiger partial charge in [-0.05, 0) is 32.0 Å². The molecule has 1 N–H and O–H groups in total. The maximum Gasteiger partial charge on any atom is 0.260 e. The Morgan fingerprint density at radius 1 is 1.12 bits per heavy atom. The molecule has 0 saturated carbocycles. The number of amides is 1. The third kappa shape index (κ3) is 5.49. The maximum absolute atomic E-state index is 12.3. The molecule has 2 rings (SSSR count). The lowest BCUT2D eigenvalue weighted by molar-refractivity contribution is -0.127. The standard InChI is InChI=1S/C19H31N3O2/c1-15(2)18(22-12-10-21(4)11-13-22)14-20-19(23)16(3)24-17-8-6-5-7-9-17/h5-9,15-16,18H,10-14H2,1-4H3,(H,20,23). The zero-order valence-corrected chi connectivity index (χ0v) is 15.4. The van der Waals surface area contributed by atoms with Crippen molar-refractivity contribution in [2.75, 3.05) is 39.8 Å². The molecule has 1 aliphatic heterocycles. The predicted octanol–water partition coefficient (Wildman–Crippen LogP) is 1.84. The molecule has 2 atom stereocenters. The van der Waals surface area contributed by atoms with E-state index in [1.54, 1.807) is 6.92 Å². The van der Waals surface area contributed by atoms with Crippen molar-refractivity contribution in [3.63, 3.8) is 0 Å². The molecule has 1 amide bonds. The van der Waals surface area contributed by atoms with E-state index in [4.69, 9.17) is 4.74 Å². The molecule has 0 bridgehead atoms. The Bertz CT molecular complexity index is 499. The molecule has 1 heterocycles. The lowest BCUT2D eigenvalue weighted by atomic mass is 10.0. The van der Waals surface area contributed by atoms with Crippen LogP contribution in [0, 0.1) is 5.92 Å². The molecular formula is C19H31N3O2. The molecule has 1 saturated heterocycles. The number of rotatable bonds is 7. The average Bonchev–Trinajstić information content (AvgIpc) is 2.57. The molecule has 2 unspecified atom stereocenters. The average molecular weight is 333 g/mol. The monoisotopic (exact) mass is 333 g/mol. The van der Waals surface area contributed by atoms with Gasteiger partial charge in [0, 0.05) is 38.8 Å². The smallest absolute Gasteiger partial charge is 0.260 e. The van der Waals surface area contributed by atoms with Crippen LogP contribution < -0.4 is 10.1 Å². The Balaban J connectivity index is 1.83. The molecule has 0 spiro atoms. The Labute approximate surface area is 146 Å². The van der Waals surface area contributed by atoms with Crippen LogP contribution in [0.4, 0.5) is 0 Å². The molecule has 24 heavy (non-hydrogen) atoms. The number of likely N-dealkylation sites (N-methyl/N-ethyl adjacent to an activating group) is 1. The highest BCUT2D eigenvalue weighted by Crippen LogP contribution is 2.14. The van der Waals surface area contributed by atoms with Crippen LogP contribution >= 0.6 is 0 Å². The van der Waals surface area contributed by atoms with Crippen LogP contribution in [0.3, 0.4) is 0 Å². The highest BCUT2D eigenvalue weighted by molar-refractivity contribution is 5.80. The minimum atomic E-state index is -0.493. The Hall–Kier alpha value is -1.59. The topological polar surface area (TPSA) is 44.8 Å². The molecule has 1 aromatic rings. The van der Waals surface area contributed by atoms with Crippen molar-refractivity contribution in [3.05, 3.63) is 30.3 Å².